The highest BCUT2D eigenvalue weighted by Gasteiger charge is 2.25. The van der Waals surface area contributed by atoms with Crippen molar-refractivity contribution in [1.29, 1.82) is 0 Å². The molecule has 0 bridgehead atoms. The first-order chi connectivity index (χ1) is 17.9. The number of aliphatic carboxylic acids is 1. The lowest BCUT2D eigenvalue weighted by atomic mass is 10.0. The maximum absolute atomic E-state index is 13.6. The summed E-state index contributed by atoms with van der Waals surface area (Å²) in [5.41, 5.74) is 5.91. The lowest BCUT2D eigenvalue weighted by Crippen LogP contribution is -2.27. The average molecular weight is 518 g/mol. The molecule has 1 aliphatic rings. The number of hydrogen-bond acceptors (Lipinski definition) is 4. The van der Waals surface area contributed by atoms with Crippen molar-refractivity contribution in [2.24, 2.45) is 0 Å². The number of halogens is 2. The van der Waals surface area contributed by atoms with Gasteiger partial charge in [0.05, 0.1) is 28.5 Å². The van der Waals surface area contributed by atoms with Crippen molar-refractivity contribution in [3.05, 3.63) is 93.9 Å². The Balaban J connectivity index is 1.42. The lowest BCUT2D eigenvalue weighted by molar-refractivity contribution is -0.137. The van der Waals surface area contributed by atoms with Gasteiger partial charge in [-0.05, 0) is 85.7 Å². The standard InChI is InChI=1S/C29H25ClFN3O3/c30-20-9-5-17(6-10-20)28-25(3-1-2-4-27(35)36)32-26-16-19(8-14-24(26)33-28)29(37)34-23-13-7-18-15-21(31)11-12-22(18)23/h5-6,8-12,14-16,23H,1-4,7,13H2,(H,34,37)(H,35,36)/t23-/m1/s1. The Kier molecular flexibility index (Phi) is 7.15. The van der Waals surface area contributed by atoms with E-state index in [1.165, 1.54) is 12.1 Å². The molecule has 0 saturated heterocycles. The molecular weight excluding hydrogens is 493 g/mol. The van der Waals surface area contributed by atoms with Crippen LogP contribution < -0.4 is 5.32 Å². The number of benzene rings is 3. The van der Waals surface area contributed by atoms with Gasteiger partial charge in [0.15, 0.2) is 0 Å². The Morgan fingerprint density at radius 1 is 1.00 bits per heavy atom. The smallest absolute Gasteiger partial charge is 0.303 e. The van der Waals surface area contributed by atoms with Crippen LogP contribution in [0.3, 0.4) is 0 Å². The van der Waals surface area contributed by atoms with Crippen LogP contribution in [-0.2, 0) is 17.6 Å². The second kappa shape index (κ2) is 10.6. The third kappa shape index (κ3) is 5.62. The van der Waals surface area contributed by atoms with Gasteiger partial charge < -0.3 is 10.4 Å². The molecule has 2 N–H and O–H groups in total. The fourth-order valence-corrected chi connectivity index (χ4v) is 4.92. The van der Waals surface area contributed by atoms with Crippen LogP contribution in [0.25, 0.3) is 22.3 Å². The molecule has 0 fully saturated rings. The zero-order chi connectivity index (χ0) is 25.9. The molecule has 0 aliphatic heterocycles. The first-order valence-corrected chi connectivity index (χ1v) is 12.6. The Morgan fingerprint density at radius 2 is 1.81 bits per heavy atom. The number of carboxylic acids is 1. The molecule has 6 nitrogen and oxygen atoms in total. The van der Waals surface area contributed by atoms with Crippen molar-refractivity contribution < 1.29 is 19.1 Å². The van der Waals surface area contributed by atoms with Crippen molar-refractivity contribution in [2.75, 3.05) is 0 Å². The Hall–Kier alpha value is -3.84. The topological polar surface area (TPSA) is 92.2 Å². The fourth-order valence-electron chi connectivity index (χ4n) is 4.79. The van der Waals surface area contributed by atoms with Crippen LogP contribution in [0.4, 0.5) is 4.39 Å². The molecular formula is C29H25ClFN3O3. The van der Waals surface area contributed by atoms with Crippen molar-refractivity contribution >= 4 is 34.5 Å². The Bertz CT molecular complexity index is 1490. The number of carboxylic acid groups (broad SMARTS) is 1. The third-order valence-electron chi connectivity index (χ3n) is 6.66. The highest BCUT2D eigenvalue weighted by Crippen LogP contribution is 2.32. The van der Waals surface area contributed by atoms with E-state index in [-0.39, 0.29) is 24.2 Å². The van der Waals surface area contributed by atoms with Crippen LogP contribution in [0.1, 0.15) is 58.9 Å². The van der Waals surface area contributed by atoms with Crippen molar-refractivity contribution in [1.82, 2.24) is 15.3 Å². The minimum absolute atomic E-state index is 0.0958. The van der Waals surface area contributed by atoms with E-state index in [0.717, 1.165) is 35.2 Å². The van der Waals surface area contributed by atoms with Crippen LogP contribution in [0.2, 0.25) is 5.02 Å². The highest BCUT2D eigenvalue weighted by molar-refractivity contribution is 6.30. The van der Waals surface area contributed by atoms with Gasteiger partial charge in [-0.1, -0.05) is 29.8 Å². The van der Waals surface area contributed by atoms with Gasteiger partial charge in [0.1, 0.15) is 5.82 Å². The van der Waals surface area contributed by atoms with Crippen LogP contribution in [0, 0.1) is 5.82 Å². The van der Waals surface area contributed by atoms with Gasteiger partial charge in [-0.25, -0.2) is 14.4 Å². The van der Waals surface area contributed by atoms with E-state index in [9.17, 15) is 14.0 Å². The molecule has 1 heterocycles. The van der Waals surface area contributed by atoms with Gasteiger partial charge >= 0.3 is 5.97 Å². The normalized spacial score (nSPS) is 14.5. The summed E-state index contributed by atoms with van der Waals surface area (Å²) in [6, 6.07) is 17.1. The number of carbonyl (C=O) groups is 2. The number of unbranched alkanes of at least 4 members (excludes halogenated alkanes) is 1. The first-order valence-electron chi connectivity index (χ1n) is 12.2. The molecule has 0 unspecified atom stereocenters. The summed E-state index contributed by atoms with van der Waals surface area (Å²) < 4.78 is 13.6. The molecule has 8 heteroatoms. The number of nitrogens with one attached hydrogen (secondary N) is 1. The molecule has 0 radical (unpaired) electrons. The molecule has 0 spiro atoms. The largest absolute Gasteiger partial charge is 0.481 e. The quantitative estimate of drug-likeness (QED) is 0.267. The summed E-state index contributed by atoms with van der Waals surface area (Å²) in [5, 5.41) is 12.7. The minimum Gasteiger partial charge on any atom is -0.481 e. The number of rotatable bonds is 8. The fraction of sp³-hybridized carbons (Fsp3) is 0.241. The summed E-state index contributed by atoms with van der Waals surface area (Å²) in [5.74, 6) is -1.32. The molecule has 188 valence electrons. The van der Waals surface area contributed by atoms with Crippen molar-refractivity contribution in [2.45, 2.75) is 44.6 Å². The maximum atomic E-state index is 13.6. The second-order valence-electron chi connectivity index (χ2n) is 9.24. The number of hydrogen-bond donors (Lipinski definition) is 2. The Labute approximate surface area is 218 Å². The third-order valence-corrected chi connectivity index (χ3v) is 6.91. The first kappa shape index (κ1) is 24.8. The van der Waals surface area contributed by atoms with Crippen molar-refractivity contribution in [3.63, 3.8) is 0 Å². The Morgan fingerprint density at radius 3 is 2.59 bits per heavy atom. The van der Waals surface area contributed by atoms with Gasteiger partial charge in [-0.3, -0.25) is 9.59 Å². The van der Waals surface area contributed by atoms with E-state index < -0.39 is 5.97 Å². The number of aromatic nitrogens is 2. The molecule has 5 rings (SSSR count). The minimum atomic E-state index is -0.826. The van der Waals surface area contributed by atoms with Crippen molar-refractivity contribution in [3.8, 4) is 11.3 Å². The number of fused-ring (bicyclic) bond motifs is 2. The van der Waals surface area contributed by atoms with Crippen LogP contribution >= 0.6 is 11.6 Å². The van der Waals surface area contributed by atoms with Crippen LogP contribution in [0.15, 0.2) is 60.7 Å². The number of nitrogens with zero attached hydrogens (tertiary/aromatic N) is 2. The van der Waals surface area contributed by atoms with Gasteiger partial charge in [0.25, 0.3) is 5.91 Å². The SMILES string of the molecule is O=C(O)CCCCc1nc2cc(C(=O)N[C@@H]3CCc4cc(F)ccc43)ccc2nc1-c1ccc(Cl)cc1. The van der Waals surface area contributed by atoms with Gasteiger partial charge in [0.2, 0.25) is 0 Å². The lowest BCUT2D eigenvalue weighted by Gasteiger charge is -2.15. The van der Waals surface area contributed by atoms with E-state index in [0.29, 0.717) is 46.6 Å². The summed E-state index contributed by atoms with van der Waals surface area (Å²) >= 11 is 6.06. The van der Waals surface area contributed by atoms with E-state index in [2.05, 4.69) is 5.32 Å². The molecule has 4 aromatic rings. The van der Waals surface area contributed by atoms with E-state index >= 15 is 0 Å². The number of amides is 1. The molecule has 1 aliphatic carbocycles. The average Bonchev–Trinajstić information content (AvgIpc) is 3.27. The molecule has 37 heavy (non-hydrogen) atoms. The number of aryl methyl sites for hydroxylation is 2. The van der Waals surface area contributed by atoms with Gasteiger partial charge in [-0.2, -0.15) is 0 Å². The summed E-state index contributed by atoms with van der Waals surface area (Å²) in [4.78, 5) is 33.7. The predicted molar refractivity (Wildman–Crippen MR) is 140 cm³/mol. The molecule has 1 aromatic heterocycles. The molecule has 1 amide bonds. The zero-order valence-electron chi connectivity index (χ0n) is 20.0. The summed E-state index contributed by atoms with van der Waals surface area (Å²) in [6.45, 7) is 0. The monoisotopic (exact) mass is 517 g/mol. The van der Waals surface area contributed by atoms with E-state index in [4.69, 9.17) is 26.7 Å². The second-order valence-corrected chi connectivity index (χ2v) is 9.67. The van der Waals surface area contributed by atoms with Gasteiger partial charge in [-0.15, -0.1) is 0 Å². The summed E-state index contributed by atoms with van der Waals surface area (Å²) in [7, 11) is 0. The maximum Gasteiger partial charge on any atom is 0.303 e. The van der Waals surface area contributed by atoms with Crippen LogP contribution in [0.5, 0.6) is 0 Å². The molecule has 3 aromatic carbocycles. The zero-order valence-corrected chi connectivity index (χ0v) is 20.8. The predicted octanol–water partition coefficient (Wildman–Crippen LogP) is 6.30. The van der Waals surface area contributed by atoms with Crippen LogP contribution in [-0.4, -0.2) is 27.0 Å². The number of carbonyl (C=O) groups excluding carboxylic acids is 1. The van der Waals surface area contributed by atoms with Gasteiger partial charge in [0, 0.05) is 22.6 Å². The molecule has 0 saturated carbocycles. The van der Waals surface area contributed by atoms with E-state index in [1.54, 1.807) is 36.4 Å². The summed E-state index contributed by atoms with van der Waals surface area (Å²) in [6.07, 6.45) is 3.28. The molecule has 1 atom stereocenters. The highest BCUT2D eigenvalue weighted by atomic mass is 35.5. The van der Waals surface area contributed by atoms with E-state index in [1.807, 2.05) is 12.1 Å².